The number of aromatic hydroxyl groups is 1. The van der Waals surface area contributed by atoms with Crippen LogP contribution in [0.15, 0.2) is 51.4 Å². The number of phenols is 1. The van der Waals surface area contributed by atoms with Gasteiger partial charge >= 0.3 is 6.08 Å². The molecule has 0 fully saturated rings. The molecule has 0 aliphatic rings. The van der Waals surface area contributed by atoms with Crippen LogP contribution in [0.2, 0.25) is 0 Å². The summed E-state index contributed by atoms with van der Waals surface area (Å²) in [7, 11) is 0. The topological polar surface area (TPSA) is 55.5 Å². The molecular formula is C13H8BrNO3. The molecule has 0 radical (unpaired) electrons. The second-order valence-corrected chi connectivity index (χ2v) is 4.60. The van der Waals surface area contributed by atoms with Crippen LogP contribution in [-0.4, -0.2) is 10.1 Å². The number of rotatable bonds is 2. The Hall–Kier alpha value is -2.01. The molecule has 4 nitrogen and oxygen atoms in total. The smallest absolute Gasteiger partial charge is 0.400 e. The molecule has 0 aliphatic heterocycles. The van der Waals surface area contributed by atoms with Crippen LogP contribution in [0.5, 0.6) is 17.6 Å². The van der Waals surface area contributed by atoms with E-state index in [4.69, 9.17) is 14.3 Å². The predicted octanol–water partition coefficient (Wildman–Crippen LogP) is 4.09. The summed E-state index contributed by atoms with van der Waals surface area (Å²) in [5.74, 6) is 0.738. The first-order valence-corrected chi connectivity index (χ1v) is 6.03. The molecule has 0 amide bonds. The molecule has 0 atom stereocenters. The van der Waals surface area contributed by atoms with Gasteiger partial charge in [0.15, 0.2) is 5.58 Å². The Bertz CT molecular complexity index is 691. The number of halogens is 1. The van der Waals surface area contributed by atoms with Gasteiger partial charge < -0.3 is 14.3 Å². The first-order valence-electron chi connectivity index (χ1n) is 5.24. The van der Waals surface area contributed by atoms with E-state index in [1.807, 2.05) is 18.2 Å². The van der Waals surface area contributed by atoms with Crippen molar-refractivity contribution in [3.8, 4) is 17.6 Å². The van der Waals surface area contributed by atoms with Crippen molar-refractivity contribution in [2.24, 2.45) is 0 Å². The number of fused-ring (bicyclic) bond motifs is 1. The lowest BCUT2D eigenvalue weighted by molar-refractivity contribution is 0.342. The fourth-order valence-corrected chi connectivity index (χ4v) is 1.89. The third kappa shape index (κ3) is 2.17. The van der Waals surface area contributed by atoms with Gasteiger partial charge in [0.05, 0.1) is 0 Å². The molecule has 90 valence electrons. The molecule has 0 unspecified atom stereocenters. The molecule has 0 saturated heterocycles. The van der Waals surface area contributed by atoms with Crippen molar-refractivity contribution in [1.29, 1.82) is 0 Å². The van der Waals surface area contributed by atoms with Crippen molar-refractivity contribution in [3.63, 3.8) is 0 Å². The molecule has 3 rings (SSSR count). The van der Waals surface area contributed by atoms with Crippen molar-refractivity contribution in [2.45, 2.75) is 0 Å². The zero-order chi connectivity index (χ0) is 12.5. The van der Waals surface area contributed by atoms with E-state index in [2.05, 4.69) is 20.9 Å². The van der Waals surface area contributed by atoms with Gasteiger partial charge in [-0.05, 0) is 42.5 Å². The van der Waals surface area contributed by atoms with Crippen LogP contribution in [0.1, 0.15) is 0 Å². The number of phenolic OH excluding ortho intramolecular Hbond substituents is 1. The summed E-state index contributed by atoms with van der Waals surface area (Å²) in [6, 6.07) is 11.9. The summed E-state index contributed by atoms with van der Waals surface area (Å²) in [5.41, 5.74) is 1.38. The van der Waals surface area contributed by atoms with Gasteiger partial charge in [0, 0.05) is 4.47 Å². The Morgan fingerprint density at radius 2 is 1.89 bits per heavy atom. The molecule has 1 heterocycles. The van der Waals surface area contributed by atoms with E-state index in [1.165, 1.54) is 12.1 Å². The van der Waals surface area contributed by atoms with E-state index in [0.717, 1.165) is 9.99 Å². The number of nitrogens with zero attached hydrogens (tertiary/aromatic N) is 1. The van der Waals surface area contributed by atoms with E-state index < -0.39 is 0 Å². The largest absolute Gasteiger partial charge is 0.508 e. The molecule has 1 aromatic heterocycles. The summed E-state index contributed by atoms with van der Waals surface area (Å²) in [5, 5.41) is 9.17. The van der Waals surface area contributed by atoms with E-state index in [0.29, 0.717) is 11.3 Å². The van der Waals surface area contributed by atoms with Gasteiger partial charge in [-0.1, -0.05) is 15.9 Å². The van der Waals surface area contributed by atoms with Gasteiger partial charge in [-0.3, -0.25) is 0 Å². The average molecular weight is 306 g/mol. The summed E-state index contributed by atoms with van der Waals surface area (Å²) >= 11 is 3.37. The predicted molar refractivity (Wildman–Crippen MR) is 69.9 cm³/mol. The monoisotopic (exact) mass is 305 g/mol. The highest BCUT2D eigenvalue weighted by atomic mass is 79.9. The van der Waals surface area contributed by atoms with Crippen LogP contribution in [0, 0.1) is 0 Å². The van der Waals surface area contributed by atoms with Gasteiger partial charge in [-0.2, -0.15) is 4.98 Å². The first-order chi connectivity index (χ1) is 8.70. The lowest BCUT2D eigenvalue weighted by Gasteiger charge is -1.99. The first kappa shape index (κ1) is 11.1. The Kier molecular flexibility index (Phi) is 2.68. The van der Waals surface area contributed by atoms with Gasteiger partial charge in [0.1, 0.15) is 17.0 Å². The summed E-state index contributed by atoms with van der Waals surface area (Å²) in [6.07, 6.45) is 0.175. The van der Waals surface area contributed by atoms with Crippen molar-refractivity contribution in [2.75, 3.05) is 0 Å². The fraction of sp³-hybridized carbons (Fsp3) is 0. The molecule has 2 aromatic carbocycles. The number of hydrogen-bond donors (Lipinski definition) is 1. The number of hydrogen-bond acceptors (Lipinski definition) is 4. The zero-order valence-electron chi connectivity index (χ0n) is 9.13. The average Bonchev–Trinajstić information content (AvgIpc) is 2.73. The van der Waals surface area contributed by atoms with Crippen LogP contribution < -0.4 is 4.74 Å². The lowest BCUT2D eigenvalue weighted by atomic mass is 10.3. The van der Waals surface area contributed by atoms with E-state index in [9.17, 15) is 0 Å². The molecule has 18 heavy (non-hydrogen) atoms. The minimum atomic E-state index is 0.175. The Labute approximate surface area is 111 Å². The van der Waals surface area contributed by atoms with Crippen molar-refractivity contribution < 1.29 is 14.3 Å². The number of ether oxygens (including phenoxy) is 1. The molecule has 1 N–H and O–H groups in total. The Balaban J connectivity index is 1.92. The van der Waals surface area contributed by atoms with E-state index in [1.54, 1.807) is 12.1 Å². The van der Waals surface area contributed by atoms with Gasteiger partial charge in [0.25, 0.3) is 0 Å². The van der Waals surface area contributed by atoms with Crippen LogP contribution in [-0.2, 0) is 0 Å². The maximum absolute atomic E-state index is 9.17. The minimum absolute atomic E-state index is 0.175. The maximum Gasteiger partial charge on any atom is 0.400 e. The molecule has 5 heteroatoms. The SMILES string of the molecule is Oc1ccc(Oc2nc3cc(Br)ccc3o2)cc1. The maximum atomic E-state index is 9.17. The third-order valence-corrected chi connectivity index (χ3v) is 2.87. The van der Waals surface area contributed by atoms with Crippen molar-refractivity contribution in [3.05, 3.63) is 46.9 Å². The normalized spacial score (nSPS) is 10.7. The van der Waals surface area contributed by atoms with Crippen molar-refractivity contribution >= 4 is 27.0 Å². The standard InChI is InChI=1S/C13H8BrNO3/c14-8-1-6-12-11(7-8)15-13(18-12)17-10-4-2-9(16)3-5-10/h1-7,16H. The molecule has 3 aromatic rings. The Morgan fingerprint density at radius 3 is 2.67 bits per heavy atom. The summed E-state index contributed by atoms with van der Waals surface area (Å²) < 4.78 is 11.8. The quantitative estimate of drug-likeness (QED) is 0.775. The van der Waals surface area contributed by atoms with Crippen LogP contribution in [0.4, 0.5) is 0 Å². The van der Waals surface area contributed by atoms with Crippen molar-refractivity contribution in [1.82, 2.24) is 4.98 Å². The summed E-state index contributed by atoms with van der Waals surface area (Å²) in [6.45, 7) is 0. The van der Waals surface area contributed by atoms with E-state index >= 15 is 0 Å². The molecular weight excluding hydrogens is 298 g/mol. The third-order valence-electron chi connectivity index (χ3n) is 2.37. The summed E-state index contributed by atoms with van der Waals surface area (Å²) in [4.78, 5) is 4.21. The molecule has 0 bridgehead atoms. The van der Waals surface area contributed by atoms with Gasteiger partial charge in [-0.15, -0.1) is 0 Å². The number of oxazole rings is 1. The Morgan fingerprint density at radius 1 is 1.11 bits per heavy atom. The lowest BCUT2D eigenvalue weighted by Crippen LogP contribution is -1.82. The zero-order valence-corrected chi connectivity index (χ0v) is 10.7. The number of benzene rings is 2. The minimum Gasteiger partial charge on any atom is -0.508 e. The van der Waals surface area contributed by atoms with Gasteiger partial charge in [0.2, 0.25) is 0 Å². The second-order valence-electron chi connectivity index (χ2n) is 3.69. The fourth-order valence-electron chi connectivity index (χ4n) is 1.54. The molecule has 0 saturated carbocycles. The van der Waals surface area contributed by atoms with E-state index in [-0.39, 0.29) is 11.8 Å². The highest BCUT2D eigenvalue weighted by Crippen LogP contribution is 2.27. The van der Waals surface area contributed by atoms with Crippen LogP contribution >= 0.6 is 15.9 Å². The second kappa shape index (κ2) is 4.34. The highest BCUT2D eigenvalue weighted by molar-refractivity contribution is 9.10. The van der Waals surface area contributed by atoms with Crippen LogP contribution in [0.3, 0.4) is 0 Å². The highest BCUT2D eigenvalue weighted by Gasteiger charge is 2.08. The number of aromatic nitrogens is 1. The van der Waals surface area contributed by atoms with Crippen LogP contribution in [0.25, 0.3) is 11.1 Å². The van der Waals surface area contributed by atoms with Gasteiger partial charge in [-0.25, -0.2) is 0 Å². The molecule has 0 spiro atoms. The molecule has 0 aliphatic carbocycles.